The molecule has 0 radical (unpaired) electrons. The predicted octanol–water partition coefficient (Wildman–Crippen LogP) is 4.47. The Balaban J connectivity index is 2.19. The second-order valence-corrected chi connectivity index (χ2v) is 11.0. The smallest absolute Gasteiger partial charge is 0.258 e. The molecule has 0 aliphatic carbocycles. The van der Waals surface area contributed by atoms with Crippen molar-refractivity contribution in [2.75, 3.05) is 0 Å². The Labute approximate surface area is 198 Å². The Morgan fingerprint density at radius 2 is 1.50 bits per heavy atom. The van der Waals surface area contributed by atoms with Gasteiger partial charge in [-0.25, -0.2) is 16.8 Å². The van der Waals surface area contributed by atoms with Crippen molar-refractivity contribution in [1.29, 1.82) is 0 Å². The molecule has 0 aromatic heterocycles. The van der Waals surface area contributed by atoms with E-state index in [-0.39, 0.29) is 25.9 Å². The van der Waals surface area contributed by atoms with Crippen LogP contribution in [0.1, 0.15) is 17.2 Å². The lowest BCUT2D eigenvalue weighted by molar-refractivity contribution is -0.384. The Hall–Kier alpha value is -3.60. The van der Waals surface area contributed by atoms with Crippen molar-refractivity contribution in [2.24, 2.45) is 0 Å². The number of nitrogens with zero attached hydrogens (tertiary/aromatic N) is 1. The molecule has 34 heavy (non-hydrogen) atoms. The first-order chi connectivity index (χ1) is 16.1. The number of nitrogens with one attached hydrogen (secondary N) is 1. The highest BCUT2D eigenvalue weighted by atomic mass is 32.2. The van der Waals surface area contributed by atoms with E-state index in [1.54, 1.807) is 30.3 Å². The van der Waals surface area contributed by atoms with E-state index in [2.05, 4.69) is 11.3 Å². The van der Waals surface area contributed by atoms with Gasteiger partial charge in [-0.3, -0.25) is 10.1 Å². The lowest BCUT2D eigenvalue weighted by Gasteiger charge is -2.22. The molecule has 1 atom stereocenters. The zero-order valence-electron chi connectivity index (χ0n) is 18.2. The number of benzene rings is 3. The number of hydrogen-bond acceptors (Lipinski definition) is 6. The van der Waals surface area contributed by atoms with Crippen LogP contribution in [0.15, 0.2) is 112 Å². The van der Waals surface area contributed by atoms with E-state index in [9.17, 15) is 26.9 Å². The molecule has 10 heteroatoms. The molecule has 0 aliphatic heterocycles. The summed E-state index contributed by atoms with van der Waals surface area (Å²) in [5, 5.41) is 11.1. The maximum Gasteiger partial charge on any atom is 0.269 e. The third kappa shape index (κ3) is 5.48. The highest BCUT2D eigenvalue weighted by Crippen LogP contribution is 2.33. The third-order valence-electron chi connectivity index (χ3n) is 4.97. The first kappa shape index (κ1) is 25.0. The molecular formula is C24H22N2O6S2. The molecule has 3 rings (SSSR count). The number of allylic oxidation sites excluding steroid dienone is 2. The van der Waals surface area contributed by atoms with Gasteiger partial charge in [0.1, 0.15) is 0 Å². The van der Waals surface area contributed by atoms with E-state index in [1.165, 1.54) is 60.7 Å². The fraction of sp³-hybridized carbons (Fsp3) is 0.0833. The normalized spacial score (nSPS) is 13.3. The summed E-state index contributed by atoms with van der Waals surface area (Å²) in [6.07, 6.45) is 2.46. The Morgan fingerprint density at radius 1 is 0.912 bits per heavy atom. The van der Waals surface area contributed by atoms with Crippen molar-refractivity contribution < 1.29 is 21.8 Å². The van der Waals surface area contributed by atoms with Gasteiger partial charge in [-0.1, -0.05) is 60.7 Å². The first-order valence-corrected chi connectivity index (χ1v) is 13.0. The van der Waals surface area contributed by atoms with Gasteiger partial charge < -0.3 is 0 Å². The zero-order valence-corrected chi connectivity index (χ0v) is 19.8. The molecule has 0 fully saturated rings. The number of nitro benzene ring substituents is 1. The minimum atomic E-state index is -4.18. The van der Waals surface area contributed by atoms with Crippen molar-refractivity contribution in [3.8, 4) is 0 Å². The van der Waals surface area contributed by atoms with Crippen LogP contribution in [-0.4, -0.2) is 21.8 Å². The topological polar surface area (TPSA) is 123 Å². The average molecular weight is 499 g/mol. The summed E-state index contributed by atoms with van der Waals surface area (Å²) in [6.45, 7) is 5.39. The molecule has 0 saturated heterocycles. The number of aryl methyl sites for hydroxylation is 1. The van der Waals surface area contributed by atoms with Gasteiger partial charge in [0, 0.05) is 12.1 Å². The van der Waals surface area contributed by atoms with Crippen LogP contribution in [0.5, 0.6) is 0 Å². The van der Waals surface area contributed by atoms with Crippen molar-refractivity contribution >= 4 is 25.5 Å². The molecule has 0 bridgehead atoms. The van der Waals surface area contributed by atoms with Gasteiger partial charge in [0.15, 0.2) is 0 Å². The van der Waals surface area contributed by atoms with Crippen molar-refractivity contribution in [2.45, 2.75) is 22.8 Å². The van der Waals surface area contributed by atoms with Crippen LogP contribution >= 0.6 is 0 Å². The van der Waals surface area contributed by atoms with Crippen LogP contribution in [0.3, 0.4) is 0 Å². The van der Waals surface area contributed by atoms with Crippen molar-refractivity contribution in [3.05, 3.63) is 124 Å². The van der Waals surface area contributed by atoms with Crippen LogP contribution in [-0.2, 0) is 19.9 Å². The molecule has 0 spiro atoms. The van der Waals surface area contributed by atoms with Crippen LogP contribution in [0.25, 0.3) is 0 Å². The SMILES string of the molecule is C=C/C=C(/C(NS(=O)(=O)c1ccccc1)c1ccc([N+](=O)[O-])cc1)S(=O)(=O)c1ccc(C)cc1. The highest BCUT2D eigenvalue weighted by Gasteiger charge is 2.33. The van der Waals surface area contributed by atoms with Gasteiger partial charge in [0.25, 0.3) is 5.69 Å². The number of rotatable bonds is 9. The first-order valence-electron chi connectivity index (χ1n) is 10.0. The standard InChI is InChI=1S/C24H22N2O6S2/c1-3-7-23(33(29,30)21-16-10-18(2)11-17-21)24(19-12-14-20(15-13-19)26(27)28)25-34(31,32)22-8-5-4-6-9-22/h3-17,24-25H,1H2,2H3/b23-7-. The predicted molar refractivity (Wildman–Crippen MR) is 129 cm³/mol. The van der Waals surface area contributed by atoms with Crippen LogP contribution < -0.4 is 4.72 Å². The minimum Gasteiger partial charge on any atom is -0.258 e. The molecule has 8 nitrogen and oxygen atoms in total. The van der Waals surface area contributed by atoms with E-state index in [0.29, 0.717) is 0 Å². The summed E-state index contributed by atoms with van der Waals surface area (Å²) < 4.78 is 55.9. The number of non-ortho nitro benzene ring substituents is 1. The number of sulfonamides is 1. The quantitative estimate of drug-likeness (QED) is 0.264. The number of sulfone groups is 1. The maximum atomic E-state index is 13.6. The van der Waals surface area contributed by atoms with Crippen LogP contribution in [0.4, 0.5) is 5.69 Å². The summed E-state index contributed by atoms with van der Waals surface area (Å²) in [4.78, 5) is 10.1. The molecule has 0 heterocycles. The second kappa shape index (κ2) is 10.1. The van der Waals surface area contributed by atoms with Crippen LogP contribution in [0.2, 0.25) is 0 Å². The zero-order chi connectivity index (χ0) is 24.9. The summed E-state index contributed by atoms with van der Waals surface area (Å²) in [7, 11) is -8.35. The fourth-order valence-corrected chi connectivity index (χ4v) is 6.06. The number of nitro groups is 1. The lowest BCUT2D eigenvalue weighted by Crippen LogP contribution is -2.32. The van der Waals surface area contributed by atoms with Crippen molar-refractivity contribution in [3.63, 3.8) is 0 Å². The van der Waals surface area contributed by atoms with E-state index in [1.807, 2.05) is 6.92 Å². The highest BCUT2D eigenvalue weighted by molar-refractivity contribution is 7.95. The molecule has 3 aromatic carbocycles. The molecule has 1 unspecified atom stereocenters. The molecule has 1 N–H and O–H groups in total. The third-order valence-corrected chi connectivity index (χ3v) is 8.30. The molecule has 3 aromatic rings. The molecule has 0 aliphatic rings. The fourth-order valence-electron chi connectivity index (χ4n) is 3.21. The van der Waals surface area contributed by atoms with Gasteiger partial charge in [0.2, 0.25) is 19.9 Å². The largest absolute Gasteiger partial charge is 0.269 e. The van der Waals surface area contributed by atoms with E-state index in [0.717, 1.165) is 5.56 Å². The van der Waals surface area contributed by atoms with Crippen LogP contribution in [0, 0.1) is 17.0 Å². The second-order valence-electron chi connectivity index (χ2n) is 7.34. The summed E-state index contributed by atoms with van der Waals surface area (Å²) in [5.41, 5.74) is 0.836. The molecule has 176 valence electrons. The van der Waals surface area contributed by atoms with Gasteiger partial charge in [-0.05, 0) is 42.8 Å². The van der Waals surface area contributed by atoms with Gasteiger partial charge >= 0.3 is 0 Å². The number of hydrogen-bond donors (Lipinski definition) is 1. The maximum absolute atomic E-state index is 13.6. The summed E-state index contributed by atoms with van der Waals surface area (Å²) in [6, 6.07) is 17.2. The van der Waals surface area contributed by atoms with E-state index in [4.69, 9.17) is 0 Å². The Kier molecular flexibility index (Phi) is 7.45. The van der Waals surface area contributed by atoms with E-state index >= 15 is 0 Å². The summed E-state index contributed by atoms with van der Waals surface area (Å²) in [5.74, 6) is 0. The van der Waals surface area contributed by atoms with Crippen molar-refractivity contribution in [1.82, 2.24) is 4.72 Å². The molecular weight excluding hydrogens is 476 g/mol. The Morgan fingerprint density at radius 3 is 2.03 bits per heavy atom. The van der Waals surface area contributed by atoms with E-state index < -0.39 is 30.8 Å². The Bertz CT molecular complexity index is 1430. The van der Waals surface area contributed by atoms with Gasteiger partial charge in [-0.2, -0.15) is 4.72 Å². The average Bonchev–Trinajstić information content (AvgIpc) is 2.82. The van der Waals surface area contributed by atoms with Gasteiger partial charge in [-0.15, -0.1) is 0 Å². The summed E-state index contributed by atoms with van der Waals surface area (Å²) >= 11 is 0. The van der Waals surface area contributed by atoms with Gasteiger partial charge in [0.05, 0.1) is 25.7 Å². The lowest BCUT2D eigenvalue weighted by atomic mass is 10.1. The molecule has 0 amide bonds. The molecule has 0 saturated carbocycles. The minimum absolute atomic E-state index is 0.0305. The monoisotopic (exact) mass is 498 g/mol.